The van der Waals surface area contributed by atoms with Crippen LogP contribution in [-0.2, 0) is 10.1 Å². The highest BCUT2D eigenvalue weighted by molar-refractivity contribution is 7.86. The second kappa shape index (κ2) is 5.34. The molecular formula is C16H10N5O3S+. The summed E-state index contributed by atoms with van der Waals surface area (Å²) >= 11 is 0. The average molecular weight is 352 g/mol. The van der Waals surface area contributed by atoms with Gasteiger partial charge in [-0.05, 0) is 23.0 Å². The van der Waals surface area contributed by atoms with Gasteiger partial charge in [0.15, 0.2) is 4.98 Å². The molecule has 25 heavy (non-hydrogen) atoms. The lowest BCUT2D eigenvalue weighted by atomic mass is 10.1. The van der Waals surface area contributed by atoms with E-state index in [2.05, 4.69) is 15.2 Å². The van der Waals surface area contributed by atoms with Crippen LogP contribution in [-0.4, -0.2) is 22.9 Å². The van der Waals surface area contributed by atoms with E-state index >= 15 is 0 Å². The molecule has 4 rings (SSSR count). The summed E-state index contributed by atoms with van der Waals surface area (Å²) < 4.78 is 34.8. The number of H-pyrrole nitrogens is 1. The quantitative estimate of drug-likeness (QED) is 0.405. The first-order valence-electron chi connectivity index (χ1n) is 7.22. The normalized spacial score (nSPS) is 11.7. The van der Waals surface area contributed by atoms with Crippen molar-refractivity contribution in [1.29, 1.82) is 5.39 Å². The van der Waals surface area contributed by atoms with Crippen LogP contribution in [0.3, 0.4) is 0 Å². The summed E-state index contributed by atoms with van der Waals surface area (Å²) in [7, 11) is -4.64. The van der Waals surface area contributed by atoms with Gasteiger partial charge < -0.3 is 4.55 Å². The van der Waals surface area contributed by atoms with Crippen molar-refractivity contribution in [2.45, 2.75) is 4.90 Å². The van der Waals surface area contributed by atoms with Gasteiger partial charge in [0.05, 0.1) is 9.99 Å². The molecule has 122 valence electrons. The maximum absolute atomic E-state index is 11.6. The van der Waals surface area contributed by atoms with Crippen LogP contribution in [0.15, 0.2) is 59.5 Å². The van der Waals surface area contributed by atoms with Gasteiger partial charge in [0, 0.05) is 29.0 Å². The van der Waals surface area contributed by atoms with Crippen molar-refractivity contribution < 1.29 is 18.1 Å². The lowest BCUT2D eigenvalue weighted by Gasteiger charge is -2.09. The molecule has 0 fully saturated rings. The fourth-order valence-corrected chi connectivity index (χ4v) is 3.46. The minimum absolute atomic E-state index is 0.302. The molecule has 1 heterocycles. The highest BCUT2D eigenvalue weighted by Crippen LogP contribution is 2.28. The third kappa shape index (κ3) is 2.50. The Balaban J connectivity index is 2.02. The van der Waals surface area contributed by atoms with E-state index in [1.165, 1.54) is 10.9 Å². The molecule has 9 heteroatoms. The SMILES string of the molecule is N#[N+]c1ccc(-n2nc3cc(S(=O)(=O)[O-])c4ccccc4c3[nH+]2)cc1. The van der Waals surface area contributed by atoms with Crippen LogP contribution < -0.4 is 5.10 Å². The van der Waals surface area contributed by atoms with E-state index < -0.39 is 10.1 Å². The Kier molecular flexibility index (Phi) is 3.24. The molecule has 4 aromatic rings. The first kappa shape index (κ1) is 15.2. The zero-order valence-electron chi connectivity index (χ0n) is 12.6. The van der Waals surface area contributed by atoms with Crippen molar-refractivity contribution in [3.63, 3.8) is 0 Å². The van der Waals surface area contributed by atoms with E-state index in [0.717, 1.165) is 0 Å². The van der Waals surface area contributed by atoms with Crippen molar-refractivity contribution in [3.8, 4) is 5.69 Å². The number of hydrogen-bond donors (Lipinski definition) is 0. The van der Waals surface area contributed by atoms with E-state index in [4.69, 9.17) is 5.39 Å². The summed E-state index contributed by atoms with van der Waals surface area (Å²) in [6, 6.07) is 14.6. The van der Waals surface area contributed by atoms with E-state index in [0.29, 0.717) is 33.2 Å². The van der Waals surface area contributed by atoms with Crippen molar-refractivity contribution in [2.75, 3.05) is 0 Å². The number of fused-ring (bicyclic) bond motifs is 3. The third-order valence-corrected chi connectivity index (χ3v) is 4.77. The molecular weight excluding hydrogens is 342 g/mol. The molecule has 8 nitrogen and oxygen atoms in total. The Labute approximate surface area is 141 Å². The second-order valence-electron chi connectivity index (χ2n) is 5.41. The van der Waals surface area contributed by atoms with Crippen molar-refractivity contribution in [3.05, 3.63) is 59.6 Å². The Morgan fingerprint density at radius 2 is 1.76 bits per heavy atom. The zero-order chi connectivity index (χ0) is 17.6. The minimum atomic E-state index is -4.64. The molecule has 0 atom stereocenters. The lowest BCUT2D eigenvalue weighted by molar-refractivity contribution is -0.453. The first-order valence-corrected chi connectivity index (χ1v) is 8.63. The number of nitrogens with one attached hydrogen (secondary N) is 1. The lowest BCUT2D eigenvalue weighted by Crippen LogP contribution is -2.17. The average Bonchev–Trinajstić information content (AvgIpc) is 3.05. The predicted molar refractivity (Wildman–Crippen MR) is 87.8 cm³/mol. The number of aromatic amines is 1. The number of diazo groups is 1. The van der Waals surface area contributed by atoms with E-state index in [9.17, 15) is 13.0 Å². The smallest absolute Gasteiger partial charge is 0.385 e. The largest absolute Gasteiger partial charge is 0.744 e. The molecule has 0 saturated heterocycles. The van der Waals surface area contributed by atoms with Gasteiger partial charge in [0.2, 0.25) is 10.9 Å². The molecule has 3 aromatic carbocycles. The van der Waals surface area contributed by atoms with Gasteiger partial charge in [0.25, 0.3) is 5.52 Å². The van der Waals surface area contributed by atoms with E-state index in [1.807, 2.05) is 0 Å². The number of benzene rings is 3. The highest BCUT2D eigenvalue weighted by Gasteiger charge is 2.20. The van der Waals surface area contributed by atoms with Crippen molar-refractivity contribution in [2.24, 2.45) is 0 Å². The molecule has 1 N–H and O–H groups in total. The van der Waals surface area contributed by atoms with Gasteiger partial charge in [0.1, 0.15) is 15.8 Å². The number of hydrogen-bond acceptors (Lipinski definition) is 5. The summed E-state index contributed by atoms with van der Waals surface area (Å²) in [6.07, 6.45) is 0. The maximum Gasteiger partial charge on any atom is 0.385 e. The van der Waals surface area contributed by atoms with Crippen molar-refractivity contribution >= 4 is 37.6 Å². The van der Waals surface area contributed by atoms with Crippen LogP contribution in [0.5, 0.6) is 0 Å². The van der Waals surface area contributed by atoms with Crippen LogP contribution in [0.25, 0.3) is 32.5 Å². The Morgan fingerprint density at radius 3 is 2.40 bits per heavy atom. The van der Waals surface area contributed by atoms with Crippen LogP contribution in [0.2, 0.25) is 0 Å². The summed E-state index contributed by atoms with van der Waals surface area (Å²) in [5.74, 6) is 0. The van der Waals surface area contributed by atoms with Gasteiger partial charge in [-0.3, -0.25) is 0 Å². The molecule has 0 spiro atoms. The van der Waals surface area contributed by atoms with Gasteiger partial charge in [-0.2, -0.15) is 5.10 Å². The fraction of sp³-hybridized carbons (Fsp3) is 0. The zero-order valence-corrected chi connectivity index (χ0v) is 13.4. The standard InChI is InChI=1S/C16H9N5O3S/c17-18-10-5-7-11(8-6-10)21-19-14-9-15(25(22,23)24)12-3-1-2-4-13(12)16(14)20-21/h1-9H/p+1. The topological polar surface area (TPSA) is 117 Å². The Hall–Kier alpha value is -3.35. The van der Waals surface area contributed by atoms with Gasteiger partial charge in [-0.1, -0.05) is 18.2 Å². The minimum Gasteiger partial charge on any atom is -0.744 e. The highest BCUT2D eigenvalue weighted by atomic mass is 32.2. The van der Waals surface area contributed by atoms with Crippen LogP contribution >= 0.6 is 0 Å². The molecule has 0 amide bonds. The molecule has 0 radical (unpaired) electrons. The number of nitrogens with zero attached hydrogens (tertiary/aromatic N) is 4. The van der Waals surface area contributed by atoms with Gasteiger partial charge >= 0.3 is 5.69 Å². The monoisotopic (exact) mass is 352 g/mol. The molecule has 0 aliphatic heterocycles. The summed E-state index contributed by atoms with van der Waals surface area (Å²) in [4.78, 5) is 4.24. The first-order chi connectivity index (χ1) is 12.0. The second-order valence-corrected chi connectivity index (χ2v) is 6.76. The van der Waals surface area contributed by atoms with E-state index in [1.54, 1.807) is 48.5 Å². The van der Waals surface area contributed by atoms with E-state index in [-0.39, 0.29) is 4.90 Å². The van der Waals surface area contributed by atoms with Gasteiger partial charge in [-0.15, -0.1) is 0 Å². The molecule has 0 saturated carbocycles. The number of rotatable bonds is 2. The maximum atomic E-state index is 11.6. The summed E-state index contributed by atoms with van der Waals surface area (Å²) in [5, 5.41) is 17.1. The molecule has 0 unspecified atom stereocenters. The van der Waals surface area contributed by atoms with Crippen LogP contribution in [0.4, 0.5) is 5.69 Å². The predicted octanol–water partition coefficient (Wildman–Crippen LogP) is 2.38. The summed E-state index contributed by atoms with van der Waals surface area (Å²) in [5.41, 5.74) is 2.01. The van der Waals surface area contributed by atoms with Crippen molar-refractivity contribution in [1.82, 2.24) is 9.90 Å². The molecule has 0 aliphatic rings. The molecule has 0 aliphatic carbocycles. The molecule has 0 bridgehead atoms. The summed E-state index contributed by atoms with van der Waals surface area (Å²) in [6.45, 7) is 0. The Bertz CT molecular complexity index is 1270. The fourth-order valence-electron chi connectivity index (χ4n) is 2.75. The third-order valence-electron chi connectivity index (χ3n) is 3.89. The van der Waals surface area contributed by atoms with Gasteiger partial charge in [-0.25, -0.2) is 8.42 Å². The number of aromatic nitrogens is 3. The van der Waals surface area contributed by atoms with Crippen LogP contribution in [0, 0.1) is 5.39 Å². The molecule has 1 aromatic heterocycles. The van der Waals surface area contributed by atoms with Crippen LogP contribution in [0.1, 0.15) is 0 Å². The Morgan fingerprint density at radius 1 is 1.08 bits per heavy atom.